The van der Waals surface area contributed by atoms with Crippen molar-refractivity contribution in [1.82, 2.24) is 15.1 Å². The highest BCUT2D eigenvalue weighted by Crippen LogP contribution is 2.22. The number of rotatable bonds is 5. The molecule has 0 saturated carbocycles. The minimum atomic E-state index is -0.291. The molecule has 128 valence electrons. The van der Waals surface area contributed by atoms with E-state index in [-0.39, 0.29) is 11.4 Å². The number of carbonyl (C=O) groups excluding carboxylic acids is 1. The molecule has 0 atom stereocenters. The SMILES string of the molecule is COc1cccc(C)c1C(=O)NC(C)(C)CN1CCN(C)CC1. The summed E-state index contributed by atoms with van der Waals surface area (Å²) in [5, 5.41) is 3.17. The van der Waals surface area contributed by atoms with Crippen molar-refractivity contribution in [3.05, 3.63) is 29.3 Å². The molecule has 1 aliphatic heterocycles. The van der Waals surface area contributed by atoms with Gasteiger partial charge in [-0.05, 0) is 39.4 Å². The number of aryl methyl sites for hydroxylation is 1. The van der Waals surface area contributed by atoms with Crippen LogP contribution in [-0.2, 0) is 0 Å². The standard InChI is InChI=1S/C18H29N3O2/c1-14-7-6-8-15(23-5)16(14)17(22)19-18(2,3)13-21-11-9-20(4)10-12-21/h6-8H,9-13H2,1-5H3,(H,19,22). The first-order chi connectivity index (χ1) is 10.8. The van der Waals surface area contributed by atoms with Gasteiger partial charge in [-0.2, -0.15) is 0 Å². The van der Waals surface area contributed by atoms with Gasteiger partial charge in [0.25, 0.3) is 5.91 Å². The lowest BCUT2D eigenvalue weighted by Gasteiger charge is -2.38. The van der Waals surface area contributed by atoms with Gasteiger partial charge in [-0.1, -0.05) is 12.1 Å². The lowest BCUT2D eigenvalue weighted by atomic mass is 10.0. The van der Waals surface area contributed by atoms with Crippen molar-refractivity contribution < 1.29 is 9.53 Å². The summed E-state index contributed by atoms with van der Waals surface area (Å²) in [5.41, 5.74) is 1.26. The predicted molar refractivity (Wildman–Crippen MR) is 93.2 cm³/mol. The third-order valence-electron chi connectivity index (χ3n) is 4.35. The highest BCUT2D eigenvalue weighted by Gasteiger charge is 2.27. The van der Waals surface area contributed by atoms with Gasteiger partial charge in [0.2, 0.25) is 0 Å². The second-order valence-electron chi connectivity index (χ2n) is 7.07. The van der Waals surface area contributed by atoms with Crippen LogP contribution in [0.3, 0.4) is 0 Å². The molecular formula is C18H29N3O2. The number of ether oxygens (including phenoxy) is 1. The van der Waals surface area contributed by atoms with Crippen LogP contribution in [-0.4, -0.2) is 68.1 Å². The Morgan fingerprint density at radius 3 is 2.52 bits per heavy atom. The Morgan fingerprint density at radius 2 is 1.91 bits per heavy atom. The van der Waals surface area contributed by atoms with E-state index in [1.807, 2.05) is 25.1 Å². The summed E-state index contributed by atoms with van der Waals surface area (Å²) in [7, 11) is 3.75. The number of hydrogen-bond donors (Lipinski definition) is 1. The Balaban J connectivity index is 2.04. The van der Waals surface area contributed by atoms with E-state index in [0.29, 0.717) is 11.3 Å². The number of piperazine rings is 1. The molecule has 1 heterocycles. The molecule has 1 aromatic carbocycles. The van der Waals surface area contributed by atoms with Crippen LogP contribution in [0.2, 0.25) is 0 Å². The van der Waals surface area contributed by atoms with Gasteiger partial charge in [-0.3, -0.25) is 9.69 Å². The van der Waals surface area contributed by atoms with E-state index in [1.54, 1.807) is 7.11 Å². The highest BCUT2D eigenvalue weighted by atomic mass is 16.5. The van der Waals surface area contributed by atoms with Gasteiger partial charge in [0.05, 0.1) is 12.7 Å². The van der Waals surface area contributed by atoms with E-state index < -0.39 is 0 Å². The second kappa shape index (κ2) is 7.32. The van der Waals surface area contributed by atoms with E-state index >= 15 is 0 Å². The number of methoxy groups -OCH3 is 1. The number of nitrogens with zero attached hydrogens (tertiary/aromatic N) is 2. The summed E-state index contributed by atoms with van der Waals surface area (Å²) in [6, 6.07) is 5.67. The Labute approximate surface area is 139 Å². The average Bonchev–Trinajstić information content (AvgIpc) is 2.48. The first-order valence-corrected chi connectivity index (χ1v) is 8.19. The fourth-order valence-electron chi connectivity index (χ4n) is 3.08. The van der Waals surface area contributed by atoms with Crippen molar-refractivity contribution in [1.29, 1.82) is 0 Å². The third kappa shape index (κ3) is 4.69. The second-order valence-corrected chi connectivity index (χ2v) is 7.07. The first kappa shape index (κ1) is 17.8. The number of likely N-dealkylation sites (N-methyl/N-ethyl adjacent to an activating group) is 1. The van der Waals surface area contributed by atoms with E-state index in [9.17, 15) is 4.79 Å². The van der Waals surface area contributed by atoms with Gasteiger partial charge < -0.3 is 15.0 Å². The van der Waals surface area contributed by atoms with E-state index in [4.69, 9.17) is 4.74 Å². The van der Waals surface area contributed by atoms with Crippen LogP contribution in [0.15, 0.2) is 18.2 Å². The Hall–Kier alpha value is -1.59. The average molecular weight is 319 g/mol. The molecule has 0 unspecified atom stereocenters. The molecular weight excluding hydrogens is 290 g/mol. The van der Waals surface area contributed by atoms with Crippen LogP contribution in [0.25, 0.3) is 0 Å². The summed E-state index contributed by atoms with van der Waals surface area (Å²) in [6.07, 6.45) is 0. The maximum absolute atomic E-state index is 12.7. The lowest BCUT2D eigenvalue weighted by molar-refractivity contribution is 0.0847. The minimum Gasteiger partial charge on any atom is -0.496 e. The summed E-state index contributed by atoms with van der Waals surface area (Å²) in [4.78, 5) is 17.5. The van der Waals surface area contributed by atoms with Crippen LogP contribution < -0.4 is 10.1 Å². The van der Waals surface area contributed by atoms with Crippen LogP contribution in [0.1, 0.15) is 29.8 Å². The zero-order chi connectivity index (χ0) is 17.0. The van der Waals surface area contributed by atoms with Gasteiger partial charge in [0, 0.05) is 38.3 Å². The number of benzene rings is 1. The van der Waals surface area contributed by atoms with Crippen LogP contribution >= 0.6 is 0 Å². The highest BCUT2D eigenvalue weighted by molar-refractivity contribution is 5.98. The molecule has 1 saturated heterocycles. The van der Waals surface area contributed by atoms with Crippen molar-refractivity contribution in [2.45, 2.75) is 26.3 Å². The van der Waals surface area contributed by atoms with Crippen molar-refractivity contribution >= 4 is 5.91 Å². The fraction of sp³-hybridized carbons (Fsp3) is 0.611. The molecule has 0 spiro atoms. The normalized spacial score (nSPS) is 17.1. The zero-order valence-corrected chi connectivity index (χ0v) is 15.0. The fourth-order valence-corrected chi connectivity index (χ4v) is 3.08. The minimum absolute atomic E-state index is 0.0703. The zero-order valence-electron chi connectivity index (χ0n) is 15.0. The van der Waals surface area contributed by atoms with Gasteiger partial charge in [0.15, 0.2) is 0 Å². The quantitative estimate of drug-likeness (QED) is 0.898. The molecule has 5 nitrogen and oxygen atoms in total. The monoisotopic (exact) mass is 319 g/mol. The smallest absolute Gasteiger partial charge is 0.255 e. The lowest BCUT2D eigenvalue weighted by Crippen LogP contribution is -2.55. The molecule has 1 fully saturated rings. The van der Waals surface area contributed by atoms with Gasteiger partial charge in [-0.15, -0.1) is 0 Å². The molecule has 0 bridgehead atoms. The van der Waals surface area contributed by atoms with Crippen LogP contribution in [0, 0.1) is 6.92 Å². The van der Waals surface area contributed by atoms with E-state index in [2.05, 4.69) is 36.0 Å². The van der Waals surface area contributed by atoms with E-state index in [0.717, 1.165) is 38.3 Å². The Kier molecular flexibility index (Phi) is 5.65. The third-order valence-corrected chi connectivity index (χ3v) is 4.35. The Bertz CT molecular complexity index is 549. The van der Waals surface area contributed by atoms with Crippen molar-refractivity contribution in [2.75, 3.05) is 46.9 Å². The molecule has 1 aromatic rings. The molecule has 0 aromatic heterocycles. The van der Waals surface area contributed by atoms with Crippen LogP contribution in [0.5, 0.6) is 5.75 Å². The number of carbonyl (C=O) groups is 1. The molecule has 0 aliphatic carbocycles. The van der Waals surface area contributed by atoms with E-state index in [1.165, 1.54) is 0 Å². The Morgan fingerprint density at radius 1 is 1.26 bits per heavy atom. The predicted octanol–water partition coefficient (Wildman–Crippen LogP) is 1.76. The summed E-state index contributed by atoms with van der Waals surface area (Å²) in [5.74, 6) is 0.553. The maximum Gasteiger partial charge on any atom is 0.255 e. The largest absolute Gasteiger partial charge is 0.496 e. The van der Waals surface area contributed by atoms with Crippen molar-refractivity contribution in [2.24, 2.45) is 0 Å². The van der Waals surface area contributed by atoms with Crippen molar-refractivity contribution in [3.8, 4) is 5.75 Å². The topological polar surface area (TPSA) is 44.8 Å². The molecule has 2 rings (SSSR count). The maximum atomic E-state index is 12.7. The molecule has 1 N–H and O–H groups in total. The molecule has 5 heteroatoms. The molecule has 0 radical (unpaired) electrons. The molecule has 23 heavy (non-hydrogen) atoms. The van der Waals surface area contributed by atoms with Crippen LogP contribution in [0.4, 0.5) is 0 Å². The summed E-state index contributed by atoms with van der Waals surface area (Å²) in [6.45, 7) is 11.2. The number of amides is 1. The van der Waals surface area contributed by atoms with Crippen molar-refractivity contribution in [3.63, 3.8) is 0 Å². The van der Waals surface area contributed by atoms with Gasteiger partial charge in [-0.25, -0.2) is 0 Å². The van der Waals surface area contributed by atoms with Gasteiger partial charge in [0.1, 0.15) is 5.75 Å². The molecule has 1 aliphatic rings. The molecule has 1 amide bonds. The number of hydrogen-bond acceptors (Lipinski definition) is 4. The summed E-state index contributed by atoms with van der Waals surface area (Å²) < 4.78 is 5.35. The number of nitrogens with one attached hydrogen (secondary N) is 1. The first-order valence-electron chi connectivity index (χ1n) is 8.19. The summed E-state index contributed by atoms with van der Waals surface area (Å²) >= 11 is 0. The van der Waals surface area contributed by atoms with Gasteiger partial charge >= 0.3 is 0 Å².